The molecule has 3 aromatic rings. The van der Waals surface area contributed by atoms with Crippen LogP contribution in [0.2, 0.25) is 10.3 Å². The van der Waals surface area contributed by atoms with Crippen LogP contribution in [0.4, 0.5) is 24.7 Å². The Balaban J connectivity index is 1.33. The van der Waals surface area contributed by atoms with Crippen molar-refractivity contribution in [3.8, 4) is 17.4 Å². The predicted octanol–water partition coefficient (Wildman–Crippen LogP) is 5.79. The third-order valence-corrected chi connectivity index (χ3v) is 7.31. The molecule has 9 nitrogen and oxygen atoms in total. The number of anilines is 2. The molecule has 41 heavy (non-hydrogen) atoms. The average Bonchev–Trinajstić information content (AvgIpc) is 2.94. The van der Waals surface area contributed by atoms with Crippen molar-refractivity contribution in [2.24, 2.45) is 0 Å². The summed E-state index contributed by atoms with van der Waals surface area (Å²) < 4.78 is 53.4. The zero-order chi connectivity index (χ0) is 29.1. The van der Waals surface area contributed by atoms with Gasteiger partial charge in [-0.15, -0.1) is 0 Å². The van der Waals surface area contributed by atoms with Gasteiger partial charge in [0.05, 0.1) is 17.1 Å². The first-order valence-electron chi connectivity index (χ1n) is 13.0. The van der Waals surface area contributed by atoms with Crippen molar-refractivity contribution in [3.63, 3.8) is 0 Å². The molecule has 1 aromatic heterocycles. The summed E-state index contributed by atoms with van der Waals surface area (Å²) in [5, 5.41) is 5.65. The second-order valence-electron chi connectivity index (χ2n) is 9.53. The van der Waals surface area contributed by atoms with E-state index < -0.39 is 17.6 Å². The Hall–Kier alpha value is -3.32. The molecule has 1 amide bonds. The lowest BCUT2D eigenvalue weighted by Crippen LogP contribution is -2.45. The fraction of sp³-hybridized carbons (Fsp3) is 0.370. The van der Waals surface area contributed by atoms with E-state index in [9.17, 15) is 18.0 Å². The molecule has 0 unspecified atom stereocenters. The molecule has 0 aliphatic carbocycles. The first-order chi connectivity index (χ1) is 19.6. The average molecular weight is 611 g/mol. The Morgan fingerprint density at radius 1 is 1.10 bits per heavy atom. The van der Waals surface area contributed by atoms with Crippen molar-refractivity contribution in [3.05, 3.63) is 63.4 Å². The maximum absolute atomic E-state index is 14.0. The van der Waals surface area contributed by atoms with Gasteiger partial charge in [0.15, 0.2) is 5.82 Å². The topological polar surface area (TPSA) is 91.9 Å². The number of carbonyl (C=O) groups excluding carboxylic acids is 1. The van der Waals surface area contributed by atoms with E-state index in [0.717, 1.165) is 25.7 Å². The summed E-state index contributed by atoms with van der Waals surface area (Å²) in [6.07, 6.45) is -4.59. The number of rotatable bonds is 7. The molecule has 3 heterocycles. The van der Waals surface area contributed by atoms with E-state index in [1.807, 2.05) is 4.90 Å². The summed E-state index contributed by atoms with van der Waals surface area (Å²) in [6.45, 7) is 7.03. The van der Waals surface area contributed by atoms with Gasteiger partial charge in [-0.3, -0.25) is 9.69 Å². The number of piperazine rings is 1. The number of hydrogen-bond acceptors (Lipinski definition) is 8. The van der Waals surface area contributed by atoms with Crippen molar-refractivity contribution in [1.82, 2.24) is 19.8 Å². The van der Waals surface area contributed by atoms with Crippen LogP contribution >= 0.6 is 23.2 Å². The van der Waals surface area contributed by atoms with E-state index in [4.69, 9.17) is 32.7 Å². The molecule has 2 N–H and O–H groups in total. The molecular formula is C27H27Cl2F3N6O3. The molecule has 2 aromatic carbocycles. The van der Waals surface area contributed by atoms with Gasteiger partial charge in [0.2, 0.25) is 11.0 Å². The zero-order valence-corrected chi connectivity index (χ0v) is 23.5. The minimum Gasteiger partial charge on any atom is -0.483 e. The normalized spacial score (nSPS) is 16.0. The van der Waals surface area contributed by atoms with Crippen LogP contribution in [0.1, 0.15) is 28.4 Å². The minimum atomic E-state index is -4.59. The summed E-state index contributed by atoms with van der Waals surface area (Å²) >= 11 is 12.3. The Labute approximate surface area is 244 Å². The maximum atomic E-state index is 14.0. The van der Waals surface area contributed by atoms with Gasteiger partial charge in [-0.1, -0.05) is 24.6 Å². The van der Waals surface area contributed by atoms with Gasteiger partial charge in [0.1, 0.15) is 12.4 Å². The summed E-state index contributed by atoms with van der Waals surface area (Å²) in [5.41, 5.74) is -0.516. The number of likely N-dealkylation sites (N-methyl/N-ethyl adjacent to an activating group) is 1. The number of carbonyl (C=O) groups is 1. The third kappa shape index (κ3) is 6.95. The number of amides is 1. The summed E-state index contributed by atoms with van der Waals surface area (Å²) in [7, 11) is 0. The van der Waals surface area contributed by atoms with Crippen LogP contribution in [0.25, 0.3) is 0 Å². The molecule has 1 fully saturated rings. The number of hydrogen-bond donors (Lipinski definition) is 2. The van der Waals surface area contributed by atoms with Crippen LogP contribution < -0.4 is 20.1 Å². The number of benzene rings is 2. The standard InChI is InChI=1S/C27H27Cl2F3N6O3/c1-2-37-8-10-38(11-9-37)15-17-3-5-18(14-19(17)27(30,31)32)34-24(39)16-4-6-20(28)21(13-16)41-25-22-23(33-7-12-40-22)35-26(29)36-25/h3-6,13-14H,2,7-12,15H2,1H3,(H,34,39)(H,33,35,36). The van der Waals surface area contributed by atoms with Gasteiger partial charge in [0.25, 0.3) is 11.8 Å². The van der Waals surface area contributed by atoms with Crippen molar-refractivity contribution < 1.29 is 27.4 Å². The number of ether oxygens (including phenoxy) is 2. The second-order valence-corrected chi connectivity index (χ2v) is 10.3. The molecule has 5 rings (SSSR count). The largest absolute Gasteiger partial charge is 0.483 e. The first-order valence-corrected chi connectivity index (χ1v) is 13.7. The summed E-state index contributed by atoms with van der Waals surface area (Å²) in [5.74, 6) is -0.00105. The maximum Gasteiger partial charge on any atom is 0.416 e. The van der Waals surface area contributed by atoms with Crippen LogP contribution in [0.5, 0.6) is 17.4 Å². The summed E-state index contributed by atoms with van der Waals surface area (Å²) in [6, 6.07) is 8.06. The SMILES string of the molecule is CCN1CCN(Cc2ccc(NC(=O)c3ccc(Cl)c(Oc4nc(Cl)nc5c4OCCN5)c3)cc2C(F)(F)F)CC1. The predicted molar refractivity (Wildman–Crippen MR) is 149 cm³/mol. The van der Waals surface area contributed by atoms with Crippen LogP contribution in [0.15, 0.2) is 36.4 Å². The number of nitrogens with zero attached hydrogens (tertiary/aromatic N) is 4. The highest BCUT2D eigenvalue weighted by atomic mass is 35.5. The zero-order valence-electron chi connectivity index (χ0n) is 22.0. The highest BCUT2D eigenvalue weighted by Gasteiger charge is 2.34. The lowest BCUT2D eigenvalue weighted by atomic mass is 10.0. The highest BCUT2D eigenvalue weighted by Crippen LogP contribution is 2.40. The van der Waals surface area contributed by atoms with Crippen LogP contribution in [-0.2, 0) is 12.7 Å². The van der Waals surface area contributed by atoms with Crippen molar-refractivity contribution >= 4 is 40.6 Å². The van der Waals surface area contributed by atoms with Crippen LogP contribution in [0, 0.1) is 0 Å². The number of alkyl halides is 3. The Bertz CT molecular complexity index is 1430. The monoisotopic (exact) mass is 610 g/mol. The van der Waals surface area contributed by atoms with E-state index in [-0.39, 0.29) is 51.0 Å². The number of nitrogens with one attached hydrogen (secondary N) is 2. The van der Waals surface area contributed by atoms with Gasteiger partial charge in [-0.25, -0.2) is 0 Å². The minimum absolute atomic E-state index is 0.00632. The number of halogens is 5. The third-order valence-electron chi connectivity index (χ3n) is 6.83. The second kappa shape index (κ2) is 12.3. The van der Waals surface area contributed by atoms with E-state index in [1.54, 1.807) is 0 Å². The van der Waals surface area contributed by atoms with Crippen molar-refractivity contribution in [2.45, 2.75) is 19.6 Å². The van der Waals surface area contributed by atoms with E-state index >= 15 is 0 Å². The molecule has 218 valence electrons. The van der Waals surface area contributed by atoms with Gasteiger partial charge in [-0.05, 0) is 54.0 Å². The molecule has 0 atom stereocenters. The van der Waals surface area contributed by atoms with E-state index in [0.29, 0.717) is 32.1 Å². The smallest absolute Gasteiger partial charge is 0.416 e. The van der Waals surface area contributed by atoms with Gasteiger partial charge in [-0.2, -0.15) is 23.1 Å². The molecule has 0 radical (unpaired) electrons. The molecule has 2 aliphatic heterocycles. The van der Waals surface area contributed by atoms with Crippen molar-refractivity contribution in [1.29, 1.82) is 0 Å². The lowest BCUT2D eigenvalue weighted by Gasteiger charge is -2.34. The molecule has 14 heteroatoms. The highest BCUT2D eigenvalue weighted by molar-refractivity contribution is 6.32. The van der Waals surface area contributed by atoms with Gasteiger partial charge < -0.3 is 25.0 Å². The number of aromatic nitrogens is 2. The van der Waals surface area contributed by atoms with Crippen molar-refractivity contribution in [2.75, 3.05) is 56.5 Å². The first kappa shape index (κ1) is 29.2. The van der Waals surface area contributed by atoms with E-state index in [2.05, 4.69) is 32.4 Å². The molecule has 0 bridgehead atoms. The Morgan fingerprint density at radius 3 is 2.59 bits per heavy atom. The lowest BCUT2D eigenvalue weighted by molar-refractivity contribution is -0.138. The number of fused-ring (bicyclic) bond motifs is 1. The van der Waals surface area contributed by atoms with Gasteiger partial charge in [0, 0.05) is 44.0 Å². The fourth-order valence-corrected chi connectivity index (χ4v) is 4.95. The molecule has 0 spiro atoms. The fourth-order valence-electron chi connectivity index (χ4n) is 4.64. The van der Waals surface area contributed by atoms with E-state index in [1.165, 1.54) is 30.3 Å². The van der Waals surface area contributed by atoms with Crippen LogP contribution in [-0.4, -0.2) is 71.6 Å². The Morgan fingerprint density at radius 2 is 1.85 bits per heavy atom. The molecule has 2 aliphatic rings. The molecule has 1 saturated heterocycles. The van der Waals surface area contributed by atoms with Crippen LogP contribution in [0.3, 0.4) is 0 Å². The van der Waals surface area contributed by atoms with Gasteiger partial charge >= 0.3 is 6.18 Å². The Kier molecular flexibility index (Phi) is 8.74. The summed E-state index contributed by atoms with van der Waals surface area (Å²) in [4.78, 5) is 25.4. The molecular weight excluding hydrogens is 584 g/mol. The quantitative estimate of drug-likeness (QED) is 0.325. The molecule has 0 saturated carbocycles.